The molecule has 6 heteroatoms. The molecule has 4 rings (SSSR count). The van der Waals surface area contributed by atoms with Crippen LogP contribution in [-0.2, 0) is 5.72 Å². The molecule has 1 atom stereocenters. The largest absolute Gasteiger partial charge is 0.346 e. The number of rotatable bonds is 3. The van der Waals surface area contributed by atoms with Crippen molar-refractivity contribution in [3.63, 3.8) is 0 Å². The Kier molecular flexibility index (Phi) is 4.20. The molecule has 134 valence electrons. The summed E-state index contributed by atoms with van der Waals surface area (Å²) in [5.41, 5.74) is 0.410. The van der Waals surface area contributed by atoms with E-state index in [0.717, 1.165) is 37.3 Å². The summed E-state index contributed by atoms with van der Waals surface area (Å²) in [5, 5.41) is 22.7. The number of nitro benzene ring substituents is 1. The lowest BCUT2D eigenvalue weighted by molar-refractivity contribution is -0.534. The van der Waals surface area contributed by atoms with Gasteiger partial charge in [-0.1, -0.05) is 18.2 Å². The van der Waals surface area contributed by atoms with Crippen LogP contribution in [0.15, 0.2) is 54.6 Å². The van der Waals surface area contributed by atoms with Crippen molar-refractivity contribution in [2.75, 3.05) is 18.0 Å². The van der Waals surface area contributed by atoms with Gasteiger partial charge in [-0.2, -0.15) is 4.90 Å². The Morgan fingerprint density at radius 2 is 1.77 bits per heavy atom. The molecule has 0 spiro atoms. The molecule has 0 saturated carbocycles. The molecular formula is C20H22N3O3+. The van der Waals surface area contributed by atoms with E-state index in [0.29, 0.717) is 12.1 Å². The highest BCUT2D eigenvalue weighted by molar-refractivity contribution is 5.97. The van der Waals surface area contributed by atoms with Crippen LogP contribution in [-0.4, -0.2) is 33.5 Å². The smallest absolute Gasteiger partial charge is 0.275 e. The Labute approximate surface area is 152 Å². The van der Waals surface area contributed by atoms with Crippen LogP contribution in [0, 0.1) is 10.1 Å². The summed E-state index contributed by atoms with van der Waals surface area (Å²) in [4.78, 5) is 12.6. The van der Waals surface area contributed by atoms with Gasteiger partial charge in [0.2, 0.25) is 0 Å². The molecule has 0 fully saturated rings. The van der Waals surface area contributed by atoms with Gasteiger partial charge in [-0.3, -0.25) is 14.7 Å². The first-order chi connectivity index (χ1) is 12.6. The predicted octanol–water partition coefficient (Wildman–Crippen LogP) is 3.25. The first kappa shape index (κ1) is 16.7. The summed E-state index contributed by atoms with van der Waals surface area (Å²) in [6.07, 6.45) is 4.33. The summed E-state index contributed by atoms with van der Waals surface area (Å²) in [6, 6.07) is 16.1. The van der Waals surface area contributed by atoms with Crippen molar-refractivity contribution in [2.45, 2.75) is 31.4 Å². The van der Waals surface area contributed by atoms with Gasteiger partial charge < -0.3 is 5.11 Å². The lowest BCUT2D eigenvalue weighted by Crippen LogP contribution is -2.47. The van der Waals surface area contributed by atoms with Crippen LogP contribution < -0.4 is 4.90 Å². The molecule has 2 aromatic rings. The second-order valence-electron chi connectivity index (χ2n) is 6.94. The lowest BCUT2D eigenvalue weighted by atomic mass is 9.99. The number of hydrogen-bond donors (Lipinski definition) is 1. The molecular weight excluding hydrogens is 330 g/mol. The quantitative estimate of drug-likeness (QED) is 0.523. The molecule has 2 aliphatic heterocycles. The van der Waals surface area contributed by atoms with E-state index in [1.54, 1.807) is 12.1 Å². The maximum Gasteiger partial charge on any atom is 0.275 e. The van der Waals surface area contributed by atoms with Crippen LogP contribution >= 0.6 is 0 Å². The third-order valence-corrected chi connectivity index (χ3v) is 5.29. The van der Waals surface area contributed by atoms with E-state index in [-0.39, 0.29) is 5.69 Å². The van der Waals surface area contributed by atoms with Gasteiger partial charge in [-0.15, -0.1) is 0 Å². The van der Waals surface area contributed by atoms with Gasteiger partial charge in [-0.25, -0.2) is 0 Å². The normalized spacial score (nSPS) is 22.9. The third kappa shape index (κ3) is 2.76. The fourth-order valence-electron chi connectivity index (χ4n) is 4.03. The number of amidine groups is 1. The third-order valence-electron chi connectivity index (χ3n) is 5.29. The van der Waals surface area contributed by atoms with E-state index < -0.39 is 10.6 Å². The van der Waals surface area contributed by atoms with Crippen molar-refractivity contribution < 1.29 is 14.6 Å². The van der Waals surface area contributed by atoms with Crippen LogP contribution in [0.2, 0.25) is 0 Å². The SMILES string of the molecule is O=[N+]([O-])c1ccc([C@]2(O)C[N+]3=C(CCCCC3)N2c2ccccc2)cc1. The number of nitro groups is 1. The van der Waals surface area contributed by atoms with Crippen molar-refractivity contribution in [3.05, 3.63) is 70.3 Å². The lowest BCUT2D eigenvalue weighted by Gasteiger charge is -2.29. The maximum absolute atomic E-state index is 11.7. The van der Waals surface area contributed by atoms with E-state index in [2.05, 4.69) is 4.58 Å². The first-order valence-electron chi connectivity index (χ1n) is 9.03. The Morgan fingerprint density at radius 1 is 1.04 bits per heavy atom. The van der Waals surface area contributed by atoms with E-state index in [4.69, 9.17) is 0 Å². The van der Waals surface area contributed by atoms with Gasteiger partial charge in [0.25, 0.3) is 17.2 Å². The van der Waals surface area contributed by atoms with Crippen LogP contribution in [0.4, 0.5) is 11.4 Å². The van der Waals surface area contributed by atoms with Crippen molar-refractivity contribution in [2.24, 2.45) is 0 Å². The van der Waals surface area contributed by atoms with E-state index >= 15 is 0 Å². The number of para-hydroxylation sites is 1. The van der Waals surface area contributed by atoms with Crippen LogP contribution in [0.1, 0.15) is 31.2 Å². The molecule has 0 saturated heterocycles. The number of aliphatic hydroxyl groups is 1. The highest BCUT2D eigenvalue weighted by atomic mass is 16.6. The number of nitrogens with zero attached hydrogens (tertiary/aromatic N) is 3. The molecule has 2 aliphatic rings. The zero-order chi connectivity index (χ0) is 18.1. The predicted molar refractivity (Wildman–Crippen MR) is 99.4 cm³/mol. The van der Waals surface area contributed by atoms with Gasteiger partial charge in [-0.05, 0) is 43.5 Å². The minimum Gasteiger partial charge on any atom is -0.346 e. The molecule has 0 amide bonds. The summed E-state index contributed by atoms with van der Waals surface area (Å²) in [6.45, 7) is 1.39. The molecule has 2 aromatic carbocycles. The first-order valence-corrected chi connectivity index (χ1v) is 9.03. The Bertz CT molecular complexity index is 848. The summed E-state index contributed by atoms with van der Waals surface area (Å²) in [7, 11) is 0. The fourth-order valence-corrected chi connectivity index (χ4v) is 4.03. The number of benzene rings is 2. The minimum atomic E-state index is -1.23. The Hall–Kier alpha value is -2.73. The zero-order valence-corrected chi connectivity index (χ0v) is 14.5. The van der Waals surface area contributed by atoms with Crippen molar-refractivity contribution in [1.82, 2.24) is 0 Å². The maximum atomic E-state index is 11.7. The number of anilines is 1. The summed E-state index contributed by atoms with van der Waals surface area (Å²) >= 11 is 0. The summed E-state index contributed by atoms with van der Waals surface area (Å²) < 4.78 is 2.27. The average molecular weight is 352 g/mol. The molecule has 0 unspecified atom stereocenters. The molecule has 0 radical (unpaired) electrons. The number of non-ortho nitro benzene ring substituents is 1. The van der Waals surface area contributed by atoms with Gasteiger partial charge in [0.1, 0.15) is 5.69 Å². The zero-order valence-electron chi connectivity index (χ0n) is 14.5. The molecule has 0 aromatic heterocycles. The second kappa shape index (κ2) is 6.53. The fraction of sp³-hybridized carbons (Fsp3) is 0.350. The van der Waals surface area contributed by atoms with Gasteiger partial charge in [0, 0.05) is 24.1 Å². The summed E-state index contributed by atoms with van der Waals surface area (Å²) in [5.74, 6) is 1.13. The van der Waals surface area contributed by atoms with Gasteiger partial charge in [0.15, 0.2) is 6.54 Å². The van der Waals surface area contributed by atoms with Crippen molar-refractivity contribution >= 4 is 17.2 Å². The average Bonchev–Trinajstić information content (AvgIpc) is 2.79. The van der Waals surface area contributed by atoms with Crippen LogP contribution in [0.25, 0.3) is 0 Å². The van der Waals surface area contributed by atoms with E-state index in [1.165, 1.54) is 18.6 Å². The molecule has 0 aliphatic carbocycles. The molecule has 0 bridgehead atoms. The van der Waals surface area contributed by atoms with E-state index in [1.807, 2.05) is 35.2 Å². The van der Waals surface area contributed by atoms with Gasteiger partial charge >= 0.3 is 0 Å². The van der Waals surface area contributed by atoms with Gasteiger partial charge in [0.05, 0.1) is 11.5 Å². The van der Waals surface area contributed by atoms with E-state index in [9.17, 15) is 15.2 Å². The molecule has 26 heavy (non-hydrogen) atoms. The highest BCUT2D eigenvalue weighted by Gasteiger charge is 2.54. The molecule has 6 nitrogen and oxygen atoms in total. The molecule has 2 heterocycles. The minimum absolute atomic E-state index is 0.0313. The van der Waals surface area contributed by atoms with Crippen LogP contribution in [0.5, 0.6) is 0 Å². The Balaban J connectivity index is 1.80. The monoisotopic (exact) mass is 352 g/mol. The van der Waals surface area contributed by atoms with Crippen molar-refractivity contribution in [3.8, 4) is 0 Å². The van der Waals surface area contributed by atoms with Crippen LogP contribution in [0.3, 0.4) is 0 Å². The van der Waals surface area contributed by atoms with Crippen molar-refractivity contribution in [1.29, 1.82) is 0 Å². The Morgan fingerprint density at radius 3 is 2.46 bits per heavy atom. The number of hydrogen-bond acceptors (Lipinski definition) is 4. The highest BCUT2D eigenvalue weighted by Crippen LogP contribution is 2.38. The molecule has 1 N–H and O–H groups in total. The topological polar surface area (TPSA) is 69.6 Å². The second-order valence-corrected chi connectivity index (χ2v) is 6.94. The standard InChI is InChI=1S/C20H22N3O3/c24-20(16-10-12-18(13-11-16)23(25)26)15-21-14-6-2-5-9-19(21)22(20)17-7-3-1-4-8-17/h1,3-4,7-8,10-13,24H,2,5-6,9,14-15H2/q+1/t20-/m1/s1.